The molecule has 1 aliphatic heterocycles. The van der Waals surface area contributed by atoms with Gasteiger partial charge in [-0.3, -0.25) is 15.4 Å². The number of rotatable bonds is 7. The molecule has 6 heteroatoms. The summed E-state index contributed by atoms with van der Waals surface area (Å²) < 4.78 is 11.6. The lowest BCUT2D eigenvalue weighted by molar-refractivity contribution is 0.0852. The van der Waals surface area contributed by atoms with Crippen LogP contribution < -0.4 is 4.74 Å². The predicted molar refractivity (Wildman–Crippen MR) is 142 cm³/mol. The van der Waals surface area contributed by atoms with Gasteiger partial charge in [0.15, 0.2) is 0 Å². The summed E-state index contributed by atoms with van der Waals surface area (Å²) in [7, 11) is 0. The fourth-order valence-electron chi connectivity index (χ4n) is 5.25. The molecule has 35 heavy (non-hydrogen) atoms. The number of nitrogens with zero attached hydrogens (tertiary/aromatic N) is 2. The highest BCUT2D eigenvalue weighted by atomic mass is 16.5. The smallest absolute Gasteiger partial charge is 0.213 e. The van der Waals surface area contributed by atoms with Gasteiger partial charge in [-0.2, -0.15) is 5.10 Å². The van der Waals surface area contributed by atoms with Gasteiger partial charge in [0.1, 0.15) is 12.4 Å². The van der Waals surface area contributed by atoms with Gasteiger partial charge in [0.2, 0.25) is 5.90 Å². The van der Waals surface area contributed by atoms with Crippen LogP contribution in [0.15, 0.2) is 54.6 Å². The molecule has 5 rings (SSSR count). The van der Waals surface area contributed by atoms with Gasteiger partial charge >= 0.3 is 0 Å². The molecule has 2 heterocycles. The molecule has 0 bridgehead atoms. The molecule has 0 saturated carbocycles. The van der Waals surface area contributed by atoms with Crippen molar-refractivity contribution in [3.8, 4) is 17.0 Å². The summed E-state index contributed by atoms with van der Waals surface area (Å²) in [5.41, 5.74) is 3.58. The first kappa shape index (κ1) is 23.4. The van der Waals surface area contributed by atoms with E-state index in [0.29, 0.717) is 25.3 Å². The number of piperidine rings is 1. The summed E-state index contributed by atoms with van der Waals surface area (Å²) in [5.74, 6) is 1.07. The minimum Gasteiger partial charge on any atom is -0.492 e. The number of nitrogens with one attached hydrogen (secondary N) is 2. The van der Waals surface area contributed by atoms with E-state index in [0.717, 1.165) is 50.8 Å². The largest absolute Gasteiger partial charge is 0.492 e. The van der Waals surface area contributed by atoms with E-state index >= 15 is 0 Å². The Morgan fingerprint density at radius 2 is 1.83 bits per heavy atom. The molecule has 6 nitrogen and oxygen atoms in total. The number of ether oxygens (including phenoxy) is 2. The van der Waals surface area contributed by atoms with E-state index in [-0.39, 0.29) is 5.90 Å². The Kier molecular flexibility index (Phi) is 6.73. The monoisotopic (exact) mass is 470 g/mol. The number of aromatic nitrogens is 2. The first-order valence-corrected chi connectivity index (χ1v) is 12.7. The highest BCUT2D eigenvalue weighted by molar-refractivity contribution is 6.01. The van der Waals surface area contributed by atoms with Crippen LogP contribution in [0.3, 0.4) is 0 Å². The maximum Gasteiger partial charge on any atom is 0.213 e. The number of hydrogen-bond donors (Lipinski definition) is 2. The average Bonchev–Trinajstić information content (AvgIpc) is 3.29. The third-order valence-electron chi connectivity index (χ3n) is 7.19. The molecule has 0 unspecified atom stereocenters. The molecule has 3 aromatic carbocycles. The number of benzene rings is 3. The van der Waals surface area contributed by atoms with Gasteiger partial charge in [0.25, 0.3) is 0 Å². The van der Waals surface area contributed by atoms with Gasteiger partial charge in [0.05, 0.1) is 17.8 Å². The molecule has 2 N–H and O–H groups in total. The van der Waals surface area contributed by atoms with E-state index in [1.807, 2.05) is 25.1 Å². The van der Waals surface area contributed by atoms with Gasteiger partial charge in [-0.1, -0.05) is 24.6 Å². The zero-order valence-electron chi connectivity index (χ0n) is 20.8. The second kappa shape index (κ2) is 10.1. The van der Waals surface area contributed by atoms with Crippen molar-refractivity contribution in [3.05, 3.63) is 60.2 Å². The zero-order valence-corrected chi connectivity index (χ0v) is 20.8. The second-order valence-corrected chi connectivity index (χ2v) is 9.53. The molecule has 0 amide bonds. The SMILES string of the molecule is CCOC(=N)c1ccc2[nH]nc(-c3ccc4ccc(OCCN5[C@H](C)CCC[C@@H]5C)cc4c3)c2c1. The lowest BCUT2D eigenvalue weighted by atomic mass is 9.98. The molecule has 2 atom stereocenters. The molecule has 1 aliphatic rings. The Balaban J connectivity index is 1.37. The maximum atomic E-state index is 8.14. The van der Waals surface area contributed by atoms with Crippen LogP contribution in [0.25, 0.3) is 32.9 Å². The van der Waals surface area contributed by atoms with E-state index in [1.165, 1.54) is 19.3 Å². The van der Waals surface area contributed by atoms with Crippen molar-refractivity contribution in [3.63, 3.8) is 0 Å². The molecule has 0 spiro atoms. The van der Waals surface area contributed by atoms with E-state index in [4.69, 9.17) is 14.9 Å². The van der Waals surface area contributed by atoms with Crippen molar-refractivity contribution in [1.82, 2.24) is 15.1 Å². The van der Waals surface area contributed by atoms with Crippen LogP contribution >= 0.6 is 0 Å². The number of fused-ring (bicyclic) bond motifs is 2. The summed E-state index contributed by atoms with van der Waals surface area (Å²) in [5, 5.41) is 19.1. The van der Waals surface area contributed by atoms with Gasteiger partial charge < -0.3 is 9.47 Å². The topological polar surface area (TPSA) is 74.2 Å². The highest BCUT2D eigenvalue weighted by Gasteiger charge is 2.24. The number of hydrogen-bond acceptors (Lipinski definition) is 5. The standard InChI is InChI=1S/C29H34N4O2/c1-4-34-29(30)23-11-13-27-26(18-23)28(32-31-27)22-9-8-21-10-12-25(17-24(21)16-22)35-15-14-33-19(2)6-5-7-20(33)3/h8-13,16-20,30H,4-7,14-15H2,1-3H3,(H,31,32)/t19-,20+. The van der Waals surface area contributed by atoms with E-state index < -0.39 is 0 Å². The van der Waals surface area contributed by atoms with Crippen molar-refractivity contribution in [2.24, 2.45) is 0 Å². The van der Waals surface area contributed by atoms with Crippen LogP contribution in [-0.4, -0.2) is 52.8 Å². The third kappa shape index (κ3) is 4.89. The van der Waals surface area contributed by atoms with Crippen LogP contribution in [0.1, 0.15) is 45.6 Å². The first-order valence-electron chi connectivity index (χ1n) is 12.7. The van der Waals surface area contributed by atoms with Crippen molar-refractivity contribution in [2.45, 2.75) is 52.1 Å². The summed E-state index contributed by atoms with van der Waals surface area (Å²) in [6, 6.07) is 19.7. The Labute approximate surface area is 206 Å². The van der Waals surface area contributed by atoms with Crippen molar-refractivity contribution >= 4 is 27.6 Å². The Hall–Kier alpha value is -3.38. The molecule has 4 aromatic rings. The normalized spacial score (nSPS) is 18.7. The average molecular weight is 471 g/mol. The molecule has 1 saturated heterocycles. The second-order valence-electron chi connectivity index (χ2n) is 9.53. The lowest BCUT2D eigenvalue weighted by Crippen LogP contribution is -2.45. The van der Waals surface area contributed by atoms with Crippen molar-refractivity contribution in [2.75, 3.05) is 19.8 Å². The fourth-order valence-corrected chi connectivity index (χ4v) is 5.25. The lowest BCUT2D eigenvalue weighted by Gasteiger charge is -2.38. The summed E-state index contributed by atoms with van der Waals surface area (Å²) in [6.45, 7) is 8.67. The first-order chi connectivity index (χ1) is 17.0. The van der Waals surface area contributed by atoms with Gasteiger partial charge in [-0.25, -0.2) is 0 Å². The predicted octanol–water partition coefficient (Wildman–Crippen LogP) is 6.39. The summed E-state index contributed by atoms with van der Waals surface area (Å²) >= 11 is 0. The third-order valence-corrected chi connectivity index (χ3v) is 7.19. The molecular formula is C29H34N4O2. The highest BCUT2D eigenvalue weighted by Crippen LogP contribution is 2.31. The molecule has 1 fully saturated rings. The number of H-pyrrole nitrogens is 1. The minimum absolute atomic E-state index is 0.176. The van der Waals surface area contributed by atoms with E-state index in [1.54, 1.807) is 0 Å². The molecule has 0 radical (unpaired) electrons. The maximum absolute atomic E-state index is 8.14. The van der Waals surface area contributed by atoms with E-state index in [2.05, 4.69) is 65.3 Å². The van der Waals surface area contributed by atoms with Crippen LogP contribution in [0.4, 0.5) is 0 Å². The summed E-state index contributed by atoms with van der Waals surface area (Å²) in [6.07, 6.45) is 3.88. The fraction of sp³-hybridized carbons (Fsp3) is 0.379. The summed E-state index contributed by atoms with van der Waals surface area (Å²) in [4.78, 5) is 2.57. The van der Waals surface area contributed by atoms with Crippen molar-refractivity contribution < 1.29 is 9.47 Å². The Morgan fingerprint density at radius 3 is 2.63 bits per heavy atom. The van der Waals surface area contributed by atoms with Crippen LogP contribution in [0.5, 0.6) is 5.75 Å². The molecular weight excluding hydrogens is 436 g/mol. The zero-order chi connectivity index (χ0) is 24.4. The van der Waals surface area contributed by atoms with Crippen LogP contribution in [-0.2, 0) is 4.74 Å². The van der Waals surface area contributed by atoms with Gasteiger partial charge in [-0.05, 0) is 80.8 Å². The van der Waals surface area contributed by atoms with Gasteiger partial charge in [-0.15, -0.1) is 0 Å². The molecule has 1 aromatic heterocycles. The number of aromatic amines is 1. The van der Waals surface area contributed by atoms with Crippen LogP contribution in [0, 0.1) is 5.41 Å². The van der Waals surface area contributed by atoms with E-state index in [9.17, 15) is 0 Å². The quantitative estimate of drug-likeness (QED) is 0.243. The minimum atomic E-state index is 0.176. The number of likely N-dealkylation sites (tertiary alicyclic amines) is 1. The van der Waals surface area contributed by atoms with Gasteiger partial charge in [0, 0.05) is 35.1 Å². The van der Waals surface area contributed by atoms with Crippen molar-refractivity contribution in [1.29, 1.82) is 5.41 Å². The Morgan fingerprint density at radius 1 is 1.03 bits per heavy atom. The molecule has 0 aliphatic carbocycles. The van der Waals surface area contributed by atoms with Crippen LogP contribution in [0.2, 0.25) is 0 Å². The molecule has 182 valence electrons. The Bertz CT molecular complexity index is 1340.